The van der Waals surface area contributed by atoms with Crippen LogP contribution in [0.1, 0.15) is 31.2 Å². The van der Waals surface area contributed by atoms with Crippen LogP contribution in [0.2, 0.25) is 0 Å². The van der Waals surface area contributed by atoms with Gasteiger partial charge in [-0.15, -0.1) is 0 Å². The second-order valence-electron chi connectivity index (χ2n) is 6.19. The van der Waals surface area contributed by atoms with Gasteiger partial charge in [0.25, 0.3) is 0 Å². The highest BCUT2D eigenvalue weighted by molar-refractivity contribution is 5.26. The summed E-state index contributed by atoms with van der Waals surface area (Å²) in [4.78, 5) is 2.59. The summed E-state index contributed by atoms with van der Waals surface area (Å²) in [5, 5.41) is 13.0. The summed E-state index contributed by atoms with van der Waals surface area (Å²) >= 11 is 0. The normalized spacial score (nSPS) is 30.7. The second kappa shape index (κ2) is 5.51. The third kappa shape index (κ3) is 2.93. The van der Waals surface area contributed by atoms with Crippen molar-refractivity contribution in [2.45, 2.75) is 44.3 Å². The first-order valence-corrected chi connectivity index (χ1v) is 7.43. The minimum absolute atomic E-state index is 0.358. The van der Waals surface area contributed by atoms with Crippen LogP contribution in [0.3, 0.4) is 0 Å². The van der Waals surface area contributed by atoms with E-state index in [1.807, 2.05) is 12.1 Å². The zero-order chi connectivity index (χ0) is 13.2. The number of benzene rings is 1. The van der Waals surface area contributed by atoms with Crippen molar-refractivity contribution >= 4 is 0 Å². The van der Waals surface area contributed by atoms with Gasteiger partial charge in [0.15, 0.2) is 0 Å². The summed E-state index contributed by atoms with van der Waals surface area (Å²) in [6.45, 7) is 1.96. The number of aromatic hydroxyl groups is 1. The Morgan fingerprint density at radius 3 is 2.68 bits per heavy atom. The fourth-order valence-corrected chi connectivity index (χ4v) is 3.78. The van der Waals surface area contributed by atoms with Gasteiger partial charge >= 0.3 is 0 Å². The summed E-state index contributed by atoms with van der Waals surface area (Å²) in [7, 11) is 2.29. The zero-order valence-electron chi connectivity index (χ0n) is 11.7. The van der Waals surface area contributed by atoms with E-state index in [1.165, 1.54) is 25.7 Å². The third-order valence-electron chi connectivity index (χ3n) is 4.87. The van der Waals surface area contributed by atoms with Gasteiger partial charge in [0.2, 0.25) is 0 Å². The molecule has 3 nitrogen and oxygen atoms in total. The van der Waals surface area contributed by atoms with Crippen molar-refractivity contribution < 1.29 is 5.11 Å². The first-order valence-electron chi connectivity index (χ1n) is 7.43. The van der Waals surface area contributed by atoms with Gasteiger partial charge in [0.05, 0.1) is 0 Å². The van der Waals surface area contributed by atoms with E-state index in [0.29, 0.717) is 5.75 Å². The Morgan fingerprint density at radius 1 is 1.26 bits per heavy atom. The highest BCUT2D eigenvalue weighted by Gasteiger charge is 2.37. The minimum atomic E-state index is 0.358. The van der Waals surface area contributed by atoms with Gasteiger partial charge in [-0.25, -0.2) is 0 Å². The van der Waals surface area contributed by atoms with Crippen molar-refractivity contribution in [3.63, 3.8) is 0 Å². The lowest BCUT2D eigenvalue weighted by Crippen LogP contribution is -2.42. The number of hydrogen-bond donors (Lipinski definition) is 2. The molecule has 2 aliphatic rings. The minimum Gasteiger partial charge on any atom is -0.508 e. The molecular weight excluding hydrogens is 236 g/mol. The SMILES string of the molecule is CN1C2CCC1CC(CNCc1cccc(O)c1)C2. The molecule has 2 saturated heterocycles. The number of hydrogen-bond acceptors (Lipinski definition) is 3. The molecule has 2 bridgehead atoms. The largest absolute Gasteiger partial charge is 0.508 e. The quantitative estimate of drug-likeness (QED) is 0.872. The first-order chi connectivity index (χ1) is 9.22. The van der Waals surface area contributed by atoms with Crippen molar-refractivity contribution in [1.29, 1.82) is 0 Å². The molecule has 0 saturated carbocycles. The Hall–Kier alpha value is -1.06. The number of rotatable bonds is 4. The average molecular weight is 260 g/mol. The molecule has 3 heteroatoms. The summed E-state index contributed by atoms with van der Waals surface area (Å²) in [5.41, 5.74) is 1.16. The van der Waals surface area contributed by atoms with Crippen molar-refractivity contribution in [2.75, 3.05) is 13.6 Å². The lowest BCUT2D eigenvalue weighted by molar-refractivity contribution is 0.133. The summed E-state index contributed by atoms with van der Waals surface area (Å²) in [6.07, 6.45) is 5.48. The molecule has 2 fully saturated rings. The highest BCUT2D eigenvalue weighted by Crippen LogP contribution is 2.37. The van der Waals surface area contributed by atoms with Crippen LogP contribution in [-0.4, -0.2) is 35.7 Å². The van der Waals surface area contributed by atoms with Crippen molar-refractivity contribution in [3.8, 4) is 5.75 Å². The van der Waals surface area contributed by atoms with Crippen LogP contribution in [-0.2, 0) is 6.54 Å². The Balaban J connectivity index is 1.46. The van der Waals surface area contributed by atoms with Gasteiger partial charge in [-0.2, -0.15) is 0 Å². The van der Waals surface area contributed by atoms with Crippen LogP contribution in [0.15, 0.2) is 24.3 Å². The molecule has 0 spiro atoms. The van der Waals surface area contributed by atoms with Gasteiger partial charge in [0.1, 0.15) is 5.75 Å². The van der Waals surface area contributed by atoms with Gasteiger partial charge in [0, 0.05) is 18.6 Å². The number of nitrogens with one attached hydrogen (secondary N) is 1. The maximum atomic E-state index is 9.43. The van der Waals surface area contributed by atoms with E-state index in [9.17, 15) is 5.11 Å². The van der Waals surface area contributed by atoms with Crippen molar-refractivity contribution in [3.05, 3.63) is 29.8 Å². The molecule has 0 aliphatic carbocycles. The van der Waals surface area contributed by atoms with Gasteiger partial charge in [-0.3, -0.25) is 0 Å². The van der Waals surface area contributed by atoms with Gasteiger partial charge in [-0.1, -0.05) is 12.1 Å². The van der Waals surface area contributed by atoms with Crippen LogP contribution >= 0.6 is 0 Å². The molecule has 0 amide bonds. The molecule has 3 rings (SSSR count). The van der Waals surface area contributed by atoms with Crippen LogP contribution in [0.5, 0.6) is 5.75 Å². The predicted molar refractivity (Wildman–Crippen MR) is 77.1 cm³/mol. The molecular formula is C16H24N2O. The molecule has 2 aliphatic heterocycles. The van der Waals surface area contributed by atoms with Gasteiger partial charge < -0.3 is 15.3 Å². The standard InChI is InChI=1S/C16H24N2O/c1-18-14-5-6-15(18)8-13(7-14)11-17-10-12-3-2-4-16(19)9-12/h2-4,9,13-15,17,19H,5-8,10-11H2,1H3. The van der Waals surface area contributed by atoms with E-state index in [0.717, 1.165) is 36.7 Å². The van der Waals surface area contributed by atoms with E-state index in [1.54, 1.807) is 6.07 Å². The smallest absolute Gasteiger partial charge is 0.115 e. The fraction of sp³-hybridized carbons (Fsp3) is 0.625. The molecule has 1 aromatic rings. The van der Waals surface area contributed by atoms with E-state index in [-0.39, 0.29) is 0 Å². The molecule has 2 N–H and O–H groups in total. The molecule has 2 atom stereocenters. The summed E-state index contributed by atoms with van der Waals surface area (Å²) in [5.74, 6) is 1.18. The number of phenolic OH excluding ortho intramolecular Hbond substituents is 1. The maximum absolute atomic E-state index is 9.43. The van der Waals surface area contributed by atoms with Crippen molar-refractivity contribution in [2.24, 2.45) is 5.92 Å². The van der Waals surface area contributed by atoms with Crippen LogP contribution in [0.25, 0.3) is 0 Å². The number of nitrogens with zero attached hydrogens (tertiary/aromatic N) is 1. The topological polar surface area (TPSA) is 35.5 Å². The summed E-state index contributed by atoms with van der Waals surface area (Å²) < 4.78 is 0. The third-order valence-corrected chi connectivity index (χ3v) is 4.87. The molecule has 19 heavy (non-hydrogen) atoms. The fourth-order valence-electron chi connectivity index (χ4n) is 3.78. The number of phenols is 1. The van der Waals surface area contributed by atoms with Gasteiger partial charge in [-0.05, 0) is 62.9 Å². The molecule has 2 unspecified atom stereocenters. The molecule has 0 radical (unpaired) electrons. The summed E-state index contributed by atoms with van der Waals surface area (Å²) in [6, 6.07) is 9.18. The first kappa shape index (κ1) is 12.9. The zero-order valence-corrected chi connectivity index (χ0v) is 11.7. The van der Waals surface area contributed by atoms with Crippen LogP contribution in [0.4, 0.5) is 0 Å². The van der Waals surface area contributed by atoms with Crippen LogP contribution < -0.4 is 5.32 Å². The predicted octanol–water partition coefficient (Wildman–Crippen LogP) is 2.35. The maximum Gasteiger partial charge on any atom is 0.115 e. The average Bonchev–Trinajstić information content (AvgIpc) is 2.63. The Kier molecular flexibility index (Phi) is 3.76. The molecule has 104 valence electrons. The monoisotopic (exact) mass is 260 g/mol. The molecule has 2 heterocycles. The molecule has 1 aromatic carbocycles. The van der Waals surface area contributed by atoms with Crippen LogP contribution in [0, 0.1) is 5.92 Å². The lowest BCUT2D eigenvalue weighted by Gasteiger charge is -2.36. The second-order valence-corrected chi connectivity index (χ2v) is 6.19. The van der Waals surface area contributed by atoms with E-state index < -0.39 is 0 Å². The Labute approximate surface area is 115 Å². The van der Waals surface area contributed by atoms with E-state index in [2.05, 4.69) is 23.3 Å². The number of fused-ring (bicyclic) bond motifs is 2. The van der Waals surface area contributed by atoms with E-state index in [4.69, 9.17) is 0 Å². The van der Waals surface area contributed by atoms with E-state index >= 15 is 0 Å². The Morgan fingerprint density at radius 2 is 2.00 bits per heavy atom. The highest BCUT2D eigenvalue weighted by atomic mass is 16.3. The Bertz CT molecular complexity index is 421. The molecule has 0 aromatic heterocycles. The number of piperidine rings is 1. The lowest BCUT2D eigenvalue weighted by atomic mass is 9.91. The van der Waals surface area contributed by atoms with Crippen molar-refractivity contribution in [1.82, 2.24) is 10.2 Å².